The number of fused-ring (bicyclic) bond motifs is 2. The highest BCUT2D eigenvalue weighted by molar-refractivity contribution is 5.92. The molecule has 0 N–H and O–H groups in total. The third-order valence-electron chi connectivity index (χ3n) is 5.25. The summed E-state index contributed by atoms with van der Waals surface area (Å²) >= 11 is 0. The Hall–Kier alpha value is -3.42. The van der Waals surface area contributed by atoms with Gasteiger partial charge in [-0.05, 0) is 31.2 Å². The summed E-state index contributed by atoms with van der Waals surface area (Å²) in [6, 6.07) is 9.78. The van der Waals surface area contributed by atoms with Crippen molar-refractivity contribution in [1.29, 1.82) is 0 Å². The molecule has 8 nitrogen and oxygen atoms in total. The van der Waals surface area contributed by atoms with E-state index in [2.05, 4.69) is 43.4 Å². The molecule has 0 bridgehead atoms. The minimum absolute atomic E-state index is 0.0960. The van der Waals surface area contributed by atoms with Crippen LogP contribution in [0.3, 0.4) is 0 Å². The average molecular weight is 361 g/mol. The summed E-state index contributed by atoms with van der Waals surface area (Å²) in [6.07, 6.45) is 7.09. The molecule has 1 saturated heterocycles. The van der Waals surface area contributed by atoms with Crippen LogP contribution in [0.25, 0.3) is 10.9 Å². The van der Waals surface area contributed by atoms with Crippen LogP contribution >= 0.6 is 0 Å². The first-order chi connectivity index (χ1) is 13.1. The molecule has 136 valence electrons. The van der Waals surface area contributed by atoms with E-state index in [0.717, 1.165) is 22.3 Å². The first-order valence-electron chi connectivity index (χ1n) is 8.87. The number of hydrogen-bond donors (Lipinski definition) is 0. The highest BCUT2D eigenvalue weighted by atomic mass is 16.2. The fourth-order valence-corrected chi connectivity index (χ4v) is 4.01. The molecule has 5 rings (SSSR count). The van der Waals surface area contributed by atoms with Gasteiger partial charge < -0.3 is 14.7 Å². The molecule has 1 fully saturated rings. The number of benzene rings is 1. The van der Waals surface area contributed by atoms with E-state index in [1.165, 1.54) is 0 Å². The number of carbonyl (C=O) groups excluding carboxylic acids is 1. The van der Waals surface area contributed by atoms with E-state index in [9.17, 15) is 4.79 Å². The molecule has 0 spiro atoms. The topological polar surface area (TPSA) is 70.4 Å². The van der Waals surface area contributed by atoms with E-state index in [4.69, 9.17) is 0 Å². The predicted molar refractivity (Wildman–Crippen MR) is 100 cm³/mol. The minimum Gasteiger partial charge on any atom is -0.338 e. The molecular weight excluding hydrogens is 342 g/mol. The number of pyridine rings is 1. The first kappa shape index (κ1) is 15.8. The van der Waals surface area contributed by atoms with Crippen molar-refractivity contribution in [2.75, 3.05) is 18.5 Å². The Morgan fingerprint density at radius 2 is 2.04 bits per heavy atom. The largest absolute Gasteiger partial charge is 0.338 e. The second kappa shape index (κ2) is 5.80. The first-order valence-corrected chi connectivity index (χ1v) is 8.87. The SMILES string of the molecule is CC1C(=O)N(C)CC2=CN(c3cccc4ncccc34)C(n3ccnn3)N21. The van der Waals surface area contributed by atoms with Crippen molar-refractivity contribution < 1.29 is 4.79 Å². The molecule has 0 aliphatic carbocycles. The summed E-state index contributed by atoms with van der Waals surface area (Å²) in [7, 11) is 1.84. The van der Waals surface area contributed by atoms with Crippen LogP contribution in [0.15, 0.2) is 60.8 Å². The summed E-state index contributed by atoms with van der Waals surface area (Å²) in [6.45, 7) is 2.50. The third-order valence-corrected chi connectivity index (χ3v) is 5.25. The van der Waals surface area contributed by atoms with Gasteiger partial charge in [0, 0.05) is 31.0 Å². The zero-order chi connectivity index (χ0) is 18.5. The molecule has 8 heteroatoms. The van der Waals surface area contributed by atoms with Crippen LogP contribution < -0.4 is 4.90 Å². The van der Waals surface area contributed by atoms with E-state index in [1.54, 1.807) is 22.0 Å². The number of aromatic nitrogens is 4. The van der Waals surface area contributed by atoms with Crippen LogP contribution in [0.5, 0.6) is 0 Å². The van der Waals surface area contributed by atoms with Crippen LogP contribution in [0.2, 0.25) is 0 Å². The van der Waals surface area contributed by atoms with E-state index < -0.39 is 0 Å². The Kier molecular flexibility index (Phi) is 3.40. The standard InChI is InChI=1S/C19H19N7O/c1-13-18(27)23(2)11-14-12-24(19(26(13)14)25-10-9-21-22-25)17-7-3-6-16-15(17)5-4-8-20-16/h3-10,12-13,19H,11H2,1-2H3. The lowest BCUT2D eigenvalue weighted by molar-refractivity contribution is -0.138. The third kappa shape index (κ3) is 2.29. The van der Waals surface area contributed by atoms with Gasteiger partial charge in [0.1, 0.15) is 6.04 Å². The molecule has 3 aromatic rings. The molecule has 2 aliphatic heterocycles. The smallest absolute Gasteiger partial charge is 0.245 e. The van der Waals surface area contributed by atoms with Crippen molar-refractivity contribution in [2.45, 2.75) is 19.3 Å². The monoisotopic (exact) mass is 361 g/mol. The lowest BCUT2D eigenvalue weighted by atomic mass is 10.1. The summed E-state index contributed by atoms with van der Waals surface area (Å²) < 4.78 is 1.79. The summed E-state index contributed by atoms with van der Waals surface area (Å²) in [4.78, 5) is 23.1. The fourth-order valence-electron chi connectivity index (χ4n) is 4.01. The number of likely N-dealkylation sites (N-methyl/N-ethyl adjacent to an activating group) is 1. The summed E-state index contributed by atoms with van der Waals surface area (Å²) in [5.41, 5.74) is 3.02. The Morgan fingerprint density at radius 3 is 2.85 bits per heavy atom. The molecule has 0 radical (unpaired) electrons. The Bertz CT molecular complexity index is 1040. The van der Waals surface area contributed by atoms with Crippen LogP contribution in [-0.2, 0) is 4.79 Å². The number of amides is 1. The molecule has 0 saturated carbocycles. The maximum Gasteiger partial charge on any atom is 0.245 e. The second-order valence-corrected chi connectivity index (χ2v) is 6.88. The normalized spacial score (nSPS) is 22.4. The molecule has 4 heterocycles. The van der Waals surface area contributed by atoms with Gasteiger partial charge in [0.05, 0.1) is 29.6 Å². The Morgan fingerprint density at radius 1 is 1.15 bits per heavy atom. The van der Waals surface area contributed by atoms with Gasteiger partial charge in [0.2, 0.25) is 12.2 Å². The zero-order valence-corrected chi connectivity index (χ0v) is 15.1. The van der Waals surface area contributed by atoms with Gasteiger partial charge in [-0.3, -0.25) is 9.78 Å². The van der Waals surface area contributed by atoms with Gasteiger partial charge in [-0.25, -0.2) is 4.68 Å². The molecule has 2 unspecified atom stereocenters. The van der Waals surface area contributed by atoms with Crippen molar-refractivity contribution in [1.82, 2.24) is 29.8 Å². The predicted octanol–water partition coefficient (Wildman–Crippen LogP) is 1.81. The van der Waals surface area contributed by atoms with Crippen LogP contribution in [-0.4, -0.2) is 55.3 Å². The van der Waals surface area contributed by atoms with Gasteiger partial charge in [-0.2, -0.15) is 0 Å². The van der Waals surface area contributed by atoms with E-state index in [0.29, 0.717) is 6.54 Å². The molecule has 2 atom stereocenters. The second-order valence-electron chi connectivity index (χ2n) is 6.88. The number of hydrogen-bond acceptors (Lipinski definition) is 6. The van der Waals surface area contributed by atoms with Crippen molar-refractivity contribution in [3.05, 3.63) is 60.8 Å². The zero-order valence-electron chi connectivity index (χ0n) is 15.1. The van der Waals surface area contributed by atoms with E-state index in [-0.39, 0.29) is 18.2 Å². The van der Waals surface area contributed by atoms with Crippen LogP contribution in [0, 0.1) is 0 Å². The Balaban J connectivity index is 1.69. The van der Waals surface area contributed by atoms with Crippen molar-refractivity contribution in [2.24, 2.45) is 0 Å². The fraction of sp³-hybridized carbons (Fsp3) is 0.263. The number of carbonyl (C=O) groups is 1. The molecule has 2 aliphatic rings. The van der Waals surface area contributed by atoms with E-state index >= 15 is 0 Å². The van der Waals surface area contributed by atoms with Crippen molar-refractivity contribution in [3.8, 4) is 0 Å². The van der Waals surface area contributed by atoms with Gasteiger partial charge in [-0.1, -0.05) is 11.3 Å². The summed E-state index contributed by atoms with van der Waals surface area (Å²) in [5, 5.41) is 9.27. The van der Waals surface area contributed by atoms with Gasteiger partial charge in [0.25, 0.3) is 0 Å². The Labute approximate surface area is 156 Å². The minimum atomic E-state index is -0.291. The quantitative estimate of drug-likeness (QED) is 0.693. The van der Waals surface area contributed by atoms with Crippen LogP contribution in [0.4, 0.5) is 5.69 Å². The summed E-state index contributed by atoms with van der Waals surface area (Å²) in [5.74, 6) is 0.0960. The number of rotatable bonds is 2. The molecular formula is C19H19N7O. The van der Waals surface area contributed by atoms with Gasteiger partial charge in [0.15, 0.2) is 0 Å². The highest BCUT2D eigenvalue weighted by Gasteiger charge is 2.44. The van der Waals surface area contributed by atoms with Crippen LogP contribution in [0.1, 0.15) is 13.2 Å². The molecule has 1 aromatic carbocycles. The lowest BCUT2D eigenvalue weighted by Crippen LogP contribution is -2.54. The molecule has 27 heavy (non-hydrogen) atoms. The highest BCUT2D eigenvalue weighted by Crippen LogP contribution is 2.40. The number of piperazine rings is 1. The molecule has 1 amide bonds. The van der Waals surface area contributed by atoms with E-state index in [1.807, 2.05) is 38.4 Å². The van der Waals surface area contributed by atoms with Gasteiger partial charge >= 0.3 is 0 Å². The maximum absolute atomic E-state index is 12.6. The molecule has 2 aromatic heterocycles. The lowest BCUT2D eigenvalue weighted by Gasteiger charge is -2.42. The number of anilines is 1. The van der Waals surface area contributed by atoms with Crippen molar-refractivity contribution >= 4 is 22.5 Å². The van der Waals surface area contributed by atoms with Crippen molar-refractivity contribution in [3.63, 3.8) is 0 Å². The average Bonchev–Trinajstić information content (AvgIpc) is 3.33. The maximum atomic E-state index is 12.6. The number of nitrogens with zero attached hydrogens (tertiary/aromatic N) is 7. The van der Waals surface area contributed by atoms with Gasteiger partial charge in [-0.15, -0.1) is 5.10 Å².